The number of pyridine rings is 2. The maximum absolute atomic E-state index is 14.5. The standard InChI is InChI=1S/C27H29F3N6O3/c1-26(2,3)39-25(37)31-18-12-13-35(15-18)23(27(28,29)30)17-9-11-21-33-34-24(36(21)14-17)19-10-8-16-6-5-7-20(38-4)22(16)32-19/h5-11,14,18,23H,12-13,15H2,1-4H3,(H,31,37)/t18-,23+/m0/s1. The van der Waals surface area contributed by atoms with Crippen LogP contribution in [0.2, 0.25) is 0 Å². The van der Waals surface area contributed by atoms with E-state index in [-0.39, 0.29) is 18.7 Å². The zero-order valence-electron chi connectivity index (χ0n) is 22.0. The average Bonchev–Trinajstić information content (AvgIpc) is 3.48. The number of nitrogens with one attached hydrogen (secondary N) is 1. The zero-order valence-corrected chi connectivity index (χ0v) is 22.0. The van der Waals surface area contributed by atoms with Crippen LogP contribution in [0.5, 0.6) is 5.75 Å². The molecule has 1 aliphatic rings. The van der Waals surface area contributed by atoms with Crippen molar-refractivity contribution in [2.45, 2.75) is 51.1 Å². The lowest BCUT2D eigenvalue weighted by molar-refractivity contribution is -0.184. The van der Waals surface area contributed by atoms with Crippen molar-refractivity contribution in [1.82, 2.24) is 29.8 Å². The van der Waals surface area contributed by atoms with Gasteiger partial charge in [-0.1, -0.05) is 24.3 Å². The van der Waals surface area contributed by atoms with Crippen LogP contribution in [0.25, 0.3) is 28.1 Å². The number of amides is 1. The first-order valence-corrected chi connectivity index (χ1v) is 12.5. The monoisotopic (exact) mass is 542 g/mol. The topological polar surface area (TPSA) is 93.9 Å². The molecule has 0 bridgehead atoms. The number of halogens is 3. The van der Waals surface area contributed by atoms with E-state index >= 15 is 0 Å². The highest BCUT2D eigenvalue weighted by Gasteiger charge is 2.47. The number of nitrogens with zero attached hydrogens (tertiary/aromatic N) is 5. The molecule has 1 fully saturated rings. The molecule has 0 saturated carbocycles. The van der Waals surface area contributed by atoms with Gasteiger partial charge in [0.05, 0.1) is 7.11 Å². The number of benzene rings is 1. The van der Waals surface area contributed by atoms with E-state index in [0.29, 0.717) is 34.9 Å². The smallest absolute Gasteiger partial charge is 0.408 e. The second kappa shape index (κ2) is 9.99. The van der Waals surface area contributed by atoms with E-state index < -0.39 is 30.0 Å². The fourth-order valence-electron chi connectivity index (χ4n) is 4.87. The van der Waals surface area contributed by atoms with Crippen molar-refractivity contribution in [2.75, 3.05) is 20.2 Å². The van der Waals surface area contributed by atoms with Crippen molar-refractivity contribution in [3.63, 3.8) is 0 Å². The predicted octanol–water partition coefficient (Wildman–Crippen LogP) is 5.16. The van der Waals surface area contributed by atoms with E-state index in [0.717, 1.165) is 5.39 Å². The minimum absolute atomic E-state index is 0.0303. The van der Waals surface area contributed by atoms with Crippen molar-refractivity contribution >= 4 is 22.6 Å². The Morgan fingerprint density at radius 1 is 1.10 bits per heavy atom. The molecule has 0 aliphatic carbocycles. The molecule has 1 aliphatic heterocycles. The zero-order chi connectivity index (χ0) is 27.9. The number of rotatable bonds is 5. The molecular weight excluding hydrogens is 513 g/mol. The van der Waals surface area contributed by atoms with Crippen molar-refractivity contribution in [2.24, 2.45) is 0 Å². The normalized spacial score (nSPS) is 17.5. The van der Waals surface area contributed by atoms with Crippen LogP contribution in [0.1, 0.15) is 38.8 Å². The summed E-state index contributed by atoms with van der Waals surface area (Å²) >= 11 is 0. The molecule has 4 aromatic rings. The third-order valence-electron chi connectivity index (χ3n) is 6.49. The highest BCUT2D eigenvalue weighted by atomic mass is 19.4. The number of alkyl halides is 3. The van der Waals surface area contributed by atoms with Crippen molar-refractivity contribution in [1.29, 1.82) is 0 Å². The molecule has 3 aromatic heterocycles. The van der Waals surface area contributed by atoms with Crippen LogP contribution in [0.15, 0.2) is 48.7 Å². The number of aromatic nitrogens is 4. The van der Waals surface area contributed by atoms with Gasteiger partial charge in [0.2, 0.25) is 0 Å². The minimum atomic E-state index is -4.56. The summed E-state index contributed by atoms with van der Waals surface area (Å²) in [5.74, 6) is 0.885. The van der Waals surface area contributed by atoms with Gasteiger partial charge in [-0.15, -0.1) is 10.2 Å². The minimum Gasteiger partial charge on any atom is -0.494 e. The quantitative estimate of drug-likeness (QED) is 0.373. The van der Waals surface area contributed by atoms with Crippen molar-refractivity contribution in [3.8, 4) is 17.3 Å². The molecule has 9 nitrogen and oxygen atoms in total. The van der Waals surface area contributed by atoms with Crippen LogP contribution in [0, 0.1) is 0 Å². The number of fused-ring (bicyclic) bond motifs is 2. The summed E-state index contributed by atoms with van der Waals surface area (Å²) in [6, 6.07) is 9.71. The van der Waals surface area contributed by atoms with Crippen LogP contribution in [-0.2, 0) is 4.74 Å². The van der Waals surface area contributed by atoms with Gasteiger partial charge in [-0.3, -0.25) is 9.30 Å². The first-order chi connectivity index (χ1) is 18.4. The van der Waals surface area contributed by atoms with Gasteiger partial charge in [0, 0.05) is 30.7 Å². The molecule has 39 heavy (non-hydrogen) atoms. The molecule has 1 saturated heterocycles. The number of ether oxygens (including phenoxy) is 2. The van der Waals surface area contributed by atoms with Crippen LogP contribution in [-0.4, -0.2) is 68.6 Å². The molecule has 5 rings (SSSR count). The highest BCUT2D eigenvalue weighted by Crippen LogP contribution is 2.40. The van der Waals surface area contributed by atoms with Gasteiger partial charge in [0.25, 0.3) is 0 Å². The lowest BCUT2D eigenvalue weighted by Gasteiger charge is -2.30. The van der Waals surface area contributed by atoms with E-state index in [1.807, 2.05) is 18.2 Å². The number of carbonyl (C=O) groups is 1. The summed E-state index contributed by atoms with van der Waals surface area (Å²) in [5, 5.41) is 11.9. The van der Waals surface area contributed by atoms with Crippen LogP contribution >= 0.6 is 0 Å². The summed E-state index contributed by atoms with van der Waals surface area (Å²) in [4.78, 5) is 18.2. The number of alkyl carbamates (subject to hydrolysis) is 1. The number of hydrogen-bond donors (Lipinski definition) is 1. The molecule has 206 valence electrons. The third-order valence-corrected chi connectivity index (χ3v) is 6.49. The lowest BCUT2D eigenvalue weighted by Crippen LogP contribution is -2.42. The Labute approximate surface area is 222 Å². The number of carbonyl (C=O) groups excluding carboxylic acids is 1. The average molecular weight is 543 g/mol. The van der Waals surface area contributed by atoms with Crippen LogP contribution < -0.4 is 10.1 Å². The number of likely N-dealkylation sites (tertiary alicyclic amines) is 1. The molecule has 1 aromatic carbocycles. The van der Waals surface area contributed by atoms with Gasteiger partial charge in [-0.05, 0) is 51.0 Å². The van der Waals surface area contributed by atoms with E-state index in [9.17, 15) is 18.0 Å². The van der Waals surface area contributed by atoms with Crippen molar-refractivity contribution in [3.05, 3.63) is 54.2 Å². The second-order valence-electron chi connectivity index (χ2n) is 10.5. The predicted molar refractivity (Wildman–Crippen MR) is 138 cm³/mol. The summed E-state index contributed by atoms with van der Waals surface area (Å²) in [6.45, 7) is 5.37. The Morgan fingerprint density at radius 3 is 2.62 bits per heavy atom. The van der Waals surface area contributed by atoms with E-state index in [1.54, 1.807) is 40.0 Å². The van der Waals surface area contributed by atoms with Crippen LogP contribution in [0.3, 0.4) is 0 Å². The molecule has 4 heterocycles. The summed E-state index contributed by atoms with van der Waals surface area (Å²) in [6.07, 6.45) is -3.43. The van der Waals surface area contributed by atoms with Gasteiger partial charge in [0.15, 0.2) is 11.5 Å². The number of methoxy groups -OCH3 is 1. The largest absolute Gasteiger partial charge is 0.494 e. The maximum Gasteiger partial charge on any atom is 0.408 e. The molecule has 1 amide bonds. The molecular formula is C27H29F3N6O3. The SMILES string of the molecule is COc1cccc2ccc(-c3nnc4ccc([C@@H](N5CC[C@H](NC(=O)OC(C)(C)C)C5)C(F)(F)F)cn34)nc12. The fourth-order valence-corrected chi connectivity index (χ4v) is 4.87. The Balaban J connectivity index is 1.46. The third kappa shape index (κ3) is 5.60. The van der Waals surface area contributed by atoms with Gasteiger partial charge in [-0.25, -0.2) is 9.78 Å². The van der Waals surface area contributed by atoms with E-state index in [1.165, 1.54) is 27.6 Å². The molecule has 12 heteroatoms. The second-order valence-corrected chi connectivity index (χ2v) is 10.5. The molecule has 0 unspecified atom stereocenters. The van der Waals surface area contributed by atoms with Crippen LogP contribution in [0.4, 0.5) is 18.0 Å². The first kappa shape index (κ1) is 26.7. The molecule has 2 atom stereocenters. The fraction of sp³-hybridized carbons (Fsp3) is 0.407. The molecule has 0 radical (unpaired) electrons. The van der Waals surface area contributed by atoms with E-state index in [2.05, 4.69) is 20.5 Å². The van der Waals surface area contributed by atoms with Gasteiger partial charge in [0.1, 0.15) is 28.6 Å². The summed E-state index contributed by atoms with van der Waals surface area (Å²) in [5.41, 5.74) is 0.783. The summed E-state index contributed by atoms with van der Waals surface area (Å²) in [7, 11) is 1.55. The Kier molecular flexibility index (Phi) is 6.83. The lowest BCUT2D eigenvalue weighted by atomic mass is 10.1. The van der Waals surface area contributed by atoms with Crippen molar-refractivity contribution < 1.29 is 27.4 Å². The number of para-hydroxylation sites is 1. The van der Waals surface area contributed by atoms with Gasteiger partial charge >= 0.3 is 12.3 Å². The van der Waals surface area contributed by atoms with Gasteiger partial charge in [-0.2, -0.15) is 13.2 Å². The molecule has 1 N–H and O–H groups in total. The van der Waals surface area contributed by atoms with E-state index in [4.69, 9.17) is 9.47 Å². The Morgan fingerprint density at radius 2 is 1.90 bits per heavy atom. The summed E-state index contributed by atoms with van der Waals surface area (Å²) < 4.78 is 55.6. The first-order valence-electron chi connectivity index (χ1n) is 12.5. The Hall–Kier alpha value is -3.93. The number of hydrogen-bond acceptors (Lipinski definition) is 7. The maximum atomic E-state index is 14.5. The molecule has 0 spiro atoms. The Bertz CT molecular complexity index is 1510. The highest BCUT2D eigenvalue weighted by molar-refractivity contribution is 5.86. The van der Waals surface area contributed by atoms with Gasteiger partial charge < -0.3 is 14.8 Å².